The van der Waals surface area contributed by atoms with E-state index in [-0.39, 0.29) is 17.4 Å². The van der Waals surface area contributed by atoms with Crippen LogP contribution in [0.25, 0.3) is 0 Å². The highest BCUT2D eigenvalue weighted by molar-refractivity contribution is 6.39. The molecular weight excluding hydrogens is 286 g/mol. The van der Waals surface area contributed by atoms with Crippen LogP contribution in [-0.4, -0.2) is 47.2 Å². The molecule has 1 aliphatic heterocycles. The minimum atomic E-state index is -0.964. The fraction of sp³-hybridized carbons (Fsp3) is 0.333. The highest BCUT2D eigenvalue weighted by atomic mass is 16.4. The minimum absolute atomic E-state index is 0.102. The van der Waals surface area contributed by atoms with E-state index in [0.717, 1.165) is 5.56 Å². The number of nitrogens with zero attached hydrogens (tertiary/aromatic N) is 2. The van der Waals surface area contributed by atoms with E-state index in [4.69, 9.17) is 5.11 Å². The molecule has 2 N–H and O–H groups in total. The van der Waals surface area contributed by atoms with E-state index < -0.39 is 5.97 Å². The van der Waals surface area contributed by atoms with Gasteiger partial charge in [-0.25, -0.2) is 9.80 Å². The van der Waals surface area contributed by atoms with E-state index in [0.29, 0.717) is 31.5 Å². The van der Waals surface area contributed by atoms with Gasteiger partial charge in [-0.2, -0.15) is 5.10 Å². The second kappa shape index (κ2) is 6.84. The number of amides is 2. The lowest BCUT2D eigenvalue weighted by molar-refractivity contribution is -0.130. The topological polar surface area (TPSA) is 99.1 Å². The summed E-state index contributed by atoms with van der Waals surface area (Å²) in [5.74, 6) is -1.34. The fourth-order valence-corrected chi connectivity index (χ4v) is 2.07. The molecule has 0 atom stereocenters. The van der Waals surface area contributed by atoms with Crippen molar-refractivity contribution < 1.29 is 19.5 Å². The van der Waals surface area contributed by atoms with Gasteiger partial charge in [0.25, 0.3) is 5.91 Å². The summed E-state index contributed by atoms with van der Waals surface area (Å²) < 4.78 is 0. The summed E-state index contributed by atoms with van der Waals surface area (Å²) in [6, 6.07) is 6.51. The summed E-state index contributed by atoms with van der Waals surface area (Å²) in [6.45, 7) is 0.419. The number of nitrogens with one attached hydrogen (secondary N) is 1. The first-order valence-corrected chi connectivity index (χ1v) is 6.92. The Morgan fingerprint density at radius 3 is 2.55 bits per heavy atom. The Bertz CT molecular complexity index is 622. The summed E-state index contributed by atoms with van der Waals surface area (Å²) in [5, 5.41) is 16.7. The fourth-order valence-electron chi connectivity index (χ4n) is 2.07. The van der Waals surface area contributed by atoms with Crippen LogP contribution in [0, 0.1) is 0 Å². The summed E-state index contributed by atoms with van der Waals surface area (Å²) >= 11 is 0. The second-order valence-electron chi connectivity index (χ2n) is 4.97. The Morgan fingerprint density at radius 2 is 1.95 bits per heavy atom. The average Bonchev–Trinajstić information content (AvgIpc) is 2.50. The van der Waals surface area contributed by atoms with Crippen molar-refractivity contribution in [3.05, 3.63) is 35.4 Å². The van der Waals surface area contributed by atoms with Crippen LogP contribution < -0.4 is 5.32 Å². The summed E-state index contributed by atoms with van der Waals surface area (Å²) in [5.41, 5.74) is 1.52. The number of hydrogen-bond acceptors (Lipinski definition) is 4. The van der Waals surface area contributed by atoms with Gasteiger partial charge in [-0.1, -0.05) is 12.1 Å². The number of hydrazone groups is 1. The molecule has 1 heterocycles. The molecule has 0 radical (unpaired) electrons. The highest BCUT2D eigenvalue weighted by Crippen LogP contribution is 2.07. The van der Waals surface area contributed by atoms with Crippen LogP contribution in [-0.2, 0) is 16.0 Å². The molecule has 0 saturated carbocycles. The maximum atomic E-state index is 11.9. The molecule has 1 aliphatic rings. The summed E-state index contributed by atoms with van der Waals surface area (Å²) in [7, 11) is 1.53. The van der Waals surface area contributed by atoms with Gasteiger partial charge in [-0.05, 0) is 24.1 Å². The Morgan fingerprint density at radius 1 is 1.27 bits per heavy atom. The van der Waals surface area contributed by atoms with Gasteiger partial charge in [-0.3, -0.25) is 9.59 Å². The predicted octanol–water partition coefficient (Wildman–Crippen LogP) is 0.652. The normalized spacial score (nSPS) is 14.5. The van der Waals surface area contributed by atoms with Gasteiger partial charge in [0.2, 0.25) is 5.91 Å². The summed E-state index contributed by atoms with van der Waals surface area (Å²) in [4.78, 5) is 34.0. The molecule has 7 nitrogen and oxygen atoms in total. The molecule has 116 valence electrons. The third kappa shape index (κ3) is 3.91. The molecule has 7 heteroatoms. The van der Waals surface area contributed by atoms with Gasteiger partial charge in [0.1, 0.15) is 5.71 Å². The lowest BCUT2D eigenvalue weighted by Gasteiger charge is -2.18. The maximum absolute atomic E-state index is 11.9. The molecule has 1 aromatic carbocycles. The second-order valence-corrected chi connectivity index (χ2v) is 4.97. The van der Waals surface area contributed by atoms with Crippen LogP contribution in [0.1, 0.15) is 28.8 Å². The molecule has 22 heavy (non-hydrogen) atoms. The van der Waals surface area contributed by atoms with Gasteiger partial charge in [0, 0.05) is 26.4 Å². The molecule has 0 aromatic heterocycles. The molecule has 0 saturated heterocycles. The monoisotopic (exact) mass is 303 g/mol. The van der Waals surface area contributed by atoms with Crippen LogP contribution in [0.3, 0.4) is 0 Å². The van der Waals surface area contributed by atoms with Crippen molar-refractivity contribution in [3.8, 4) is 0 Å². The molecule has 0 fully saturated rings. The van der Waals surface area contributed by atoms with Gasteiger partial charge >= 0.3 is 5.97 Å². The minimum Gasteiger partial charge on any atom is -0.478 e. The van der Waals surface area contributed by atoms with Crippen LogP contribution >= 0.6 is 0 Å². The Kier molecular flexibility index (Phi) is 4.88. The SMILES string of the molecule is CN1N=C(C(=O)NCCc2ccc(C(=O)O)cc2)CCC1=O. The van der Waals surface area contributed by atoms with Crippen LogP contribution in [0.4, 0.5) is 0 Å². The van der Waals surface area contributed by atoms with Gasteiger partial charge < -0.3 is 10.4 Å². The molecule has 2 amide bonds. The van der Waals surface area contributed by atoms with Gasteiger partial charge in [0.05, 0.1) is 5.56 Å². The van der Waals surface area contributed by atoms with Crippen molar-refractivity contribution in [3.63, 3.8) is 0 Å². The van der Waals surface area contributed by atoms with Crippen molar-refractivity contribution in [1.82, 2.24) is 10.3 Å². The molecule has 0 aliphatic carbocycles. The number of benzene rings is 1. The van der Waals surface area contributed by atoms with Gasteiger partial charge in [0.15, 0.2) is 0 Å². The predicted molar refractivity (Wildman–Crippen MR) is 79.6 cm³/mol. The average molecular weight is 303 g/mol. The van der Waals surface area contributed by atoms with E-state index >= 15 is 0 Å². The molecule has 0 spiro atoms. The Balaban J connectivity index is 1.83. The zero-order valence-electron chi connectivity index (χ0n) is 12.2. The van der Waals surface area contributed by atoms with Crippen molar-refractivity contribution in [1.29, 1.82) is 0 Å². The zero-order chi connectivity index (χ0) is 16.1. The largest absolute Gasteiger partial charge is 0.478 e. The van der Waals surface area contributed by atoms with Crippen LogP contribution in [0.2, 0.25) is 0 Å². The van der Waals surface area contributed by atoms with E-state index in [2.05, 4.69) is 10.4 Å². The number of carboxylic acids is 1. The van der Waals surface area contributed by atoms with Crippen LogP contribution in [0.15, 0.2) is 29.4 Å². The van der Waals surface area contributed by atoms with Crippen molar-refractivity contribution in [2.75, 3.05) is 13.6 Å². The molecule has 0 unspecified atom stereocenters. The van der Waals surface area contributed by atoms with E-state index in [1.165, 1.54) is 24.2 Å². The first kappa shape index (κ1) is 15.7. The molecule has 1 aromatic rings. The third-order valence-corrected chi connectivity index (χ3v) is 3.37. The standard InChI is InChI=1S/C15H17N3O4/c1-18-13(19)7-6-12(17-18)14(20)16-9-8-10-2-4-11(5-3-10)15(21)22/h2-5H,6-9H2,1H3,(H,16,20)(H,21,22). The number of carbonyl (C=O) groups excluding carboxylic acids is 2. The maximum Gasteiger partial charge on any atom is 0.335 e. The Hall–Kier alpha value is -2.70. The number of rotatable bonds is 5. The molecule has 0 bridgehead atoms. The van der Waals surface area contributed by atoms with E-state index in [1.54, 1.807) is 12.1 Å². The lowest BCUT2D eigenvalue weighted by Crippen LogP contribution is -2.38. The number of hydrogen-bond donors (Lipinski definition) is 2. The number of aromatic carboxylic acids is 1. The Labute approximate surface area is 127 Å². The van der Waals surface area contributed by atoms with E-state index in [9.17, 15) is 14.4 Å². The van der Waals surface area contributed by atoms with Crippen molar-refractivity contribution >= 4 is 23.5 Å². The number of carbonyl (C=O) groups is 3. The summed E-state index contributed by atoms with van der Waals surface area (Å²) in [6.07, 6.45) is 1.23. The zero-order valence-corrected chi connectivity index (χ0v) is 12.2. The first-order chi connectivity index (χ1) is 10.5. The quantitative estimate of drug-likeness (QED) is 0.834. The highest BCUT2D eigenvalue weighted by Gasteiger charge is 2.21. The van der Waals surface area contributed by atoms with Crippen molar-refractivity contribution in [2.24, 2.45) is 5.10 Å². The molecular formula is C15H17N3O4. The number of carboxylic acid groups (broad SMARTS) is 1. The van der Waals surface area contributed by atoms with E-state index in [1.807, 2.05) is 0 Å². The third-order valence-electron chi connectivity index (χ3n) is 3.37. The first-order valence-electron chi connectivity index (χ1n) is 6.92. The van der Waals surface area contributed by atoms with Crippen LogP contribution in [0.5, 0.6) is 0 Å². The lowest BCUT2D eigenvalue weighted by atomic mass is 10.1. The van der Waals surface area contributed by atoms with Gasteiger partial charge in [-0.15, -0.1) is 0 Å². The molecule has 2 rings (SSSR count). The smallest absolute Gasteiger partial charge is 0.335 e. The van der Waals surface area contributed by atoms with Crippen molar-refractivity contribution in [2.45, 2.75) is 19.3 Å².